The van der Waals surface area contributed by atoms with Crippen LogP contribution in [0, 0.1) is 10.5 Å². The van der Waals surface area contributed by atoms with Crippen molar-refractivity contribution in [3.05, 3.63) is 32.9 Å². The topological polar surface area (TPSA) is 26.0 Å². The van der Waals surface area contributed by atoms with Crippen LogP contribution in [-0.2, 0) is 0 Å². The molecule has 0 saturated carbocycles. The third kappa shape index (κ3) is 2.68. The van der Waals surface area contributed by atoms with E-state index in [2.05, 4.69) is 54.6 Å². The lowest BCUT2D eigenvalue weighted by atomic mass is 10.0. The monoisotopic (exact) mass is 289 g/mol. The van der Waals surface area contributed by atoms with Gasteiger partial charge in [0.15, 0.2) is 0 Å². The Hall–Kier alpha value is -0.0900. The molecule has 0 aliphatic carbocycles. The fourth-order valence-corrected chi connectivity index (χ4v) is 2.18. The number of halogens is 1. The zero-order valence-corrected chi connectivity index (χ0v) is 10.3. The van der Waals surface area contributed by atoms with E-state index >= 15 is 0 Å². The van der Waals surface area contributed by atoms with Crippen LogP contribution in [0.25, 0.3) is 0 Å². The van der Waals surface area contributed by atoms with Gasteiger partial charge in [-0.2, -0.15) is 0 Å². The molecule has 0 radical (unpaired) electrons. The summed E-state index contributed by atoms with van der Waals surface area (Å²) in [6.45, 7) is 4.30. The van der Waals surface area contributed by atoms with E-state index in [1.165, 1.54) is 14.7 Å². The first-order valence-corrected chi connectivity index (χ1v) is 5.75. The molecule has 0 spiro atoms. The molecule has 1 aromatic rings. The summed E-state index contributed by atoms with van der Waals surface area (Å²) in [6, 6.07) is 6.55. The first kappa shape index (κ1) is 11.0. The highest BCUT2D eigenvalue weighted by molar-refractivity contribution is 14.1. The lowest BCUT2D eigenvalue weighted by Gasteiger charge is -2.14. The van der Waals surface area contributed by atoms with Gasteiger partial charge in [-0.3, -0.25) is 0 Å². The summed E-state index contributed by atoms with van der Waals surface area (Å²) in [5.41, 5.74) is 8.69. The number of hydrogen-bond donors (Lipinski definition) is 1. The first-order valence-electron chi connectivity index (χ1n) is 4.67. The lowest BCUT2D eigenvalue weighted by Crippen LogP contribution is -2.11. The molecule has 0 saturated heterocycles. The smallest absolute Gasteiger partial charge is 0.0305 e. The third-order valence-corrected chi connectivity index (χ3v) is 3.69. The number of benzene rings is 1. The zero-order valence-electron chi connectivity index (χ0n) is 8.18. The fourth-order valence-electron chi connectivity index (χ4n) is 1.42. The summed E-state index contributed by atoms with van der Waals surface area (Å²) in [6.07, 6.45) is 2.21. The minimum atomic E-state index is 0.205. The van der Waals surface area contributed by atoms with E-state index in [-0.39, 0.29) is 6.04 Å². The average molecular weight is 289 g/mol. The number of aryl methyl sites for hydroxylation is 1. The fraction of sp³-hybridized carbons (Fsp3) is 0.455. The van der Waals surface area contributed by atoms with E-state index in [9.17, 15) is 0 Å². The molecule has 1 rings (SSSR count). The van der Waals surface area contributed by atoms with Crippen LogP contribution in [0.3, 0.4) is 0 Å². The summed E-state index contributed by atoms with van der Waals surface area (Å²) in [5, 5.41) is 0. The number of nitrogens with two attached hydrogens (primary N) is 1. The van der Waals surface area contributed by atoms with Gasteiger partial charge in [-0.15, -0.1) is 0 Å². The van der Waals surface area contributed by atoms with Crippen LogP contribution in [0.2, 0.25) is 0 Å². The summed E-state index contributed by atoms with van der Waals surface area (Å²) >= 11 is 2.38. The third-order valence-electron chi connectivity index (χ3n) is 2.22. The van der Waals surface area contributed by atoms with Crippen molar-refractivity contribution in [1.29, 1.82) is 0 Å². The van der Waals surface area contributed by atoms with Gasteiger partial charge in [0.1, 0.15) is 0 Å². The molecule has 1 nitrogen and oxygen atoms in total. The quantitative estimate of drug-likeness (QED) is 0.848. The first-order chi connectivity index (χ1) is 6.16. The van der Waals surface area contributed by atoms with Crippen molar-refractivity contribution in [3.63, 3.8) is 0 Å². The van der Waals surface area contributed by atoms with Crippen LogP contribution in [0.5, 0.6) is 0 Å². The SMILES string of the molecule is CCCC(N)c1cccc(C)c1I. The summed E-state index contributed by atoms with van der Waals surface area (Å²) < 4.78 is 1.32. The molecule has 2 heteroatoms. The van der Waals surface area contributed by atoms with Gasteiger partial charge in [0.25, 0.3) is 0 Å². The highest BCUT2D eigenvalue weighted by Gasteiger charge is 2.09. The maximum Gasteiger partial charge on any atom is 0.0305 e. The van der Waals surface area contributed by atoms with Gasteiger partial charge in [0, 0.05) is 9.61 Å². The molecule has 0 heterocycles. The van der Waals surface area contributed by atoms with Gasteiger partial charge in [-0.1, -0.05) is 31.5 Å². The number of hydrogen-bond acceptors (Lipinski definition) is 1. The molecule has 0 fully saturated rings. The Balaban J connectivity index is 2.93. The molecule has 72 valence electrons. The van der Waals surface area contributed by atoms with Crippen LogP contribution >= 0.6 is 22.6 Å². The Morgan fingerprint density at radius 2 is 2.15 bits per heavy atom. The van der Waals surface area contributed by atoms with Crippen molar-refractivity contribution >= 4 is 22.6 Å². The molecule has 0 aliphatic heterocycles. The van der Waals surface area contributed by atoms with Gasteiger partial charge >= 0.3 is 0 Å². The molecule has 0 bridgehead atoms. The molecule has 13 heavy (non-hydrogen) atoms. The van der Waals surface area contributed by atoms with E-state index in [1.807, 2.05) is 0 Å². The van der Waals surface area contributed by atoms with Crippen molar-refractivity contribution in [2.75, 3.05) is 0 Å². The Kier molecular flexibility index (Phi) is 4.19. The molecular formula is C11H16IN. The Bertz CT molecular complexity index is 283. The summed E-state index contributed by atoms with van der Waals surface area (Å²) in [7, 11) is 0. The van der Waals surface area contributed by atoms with Gasteiger partial charge < -0.3 is 5.73 Å². The van der Waals surface area contributed by atoms with Crippen molar-refractivity contribution in [2.45, 2.75) is 32.7 Å². The molecular weight excluding hydrogens is 273 g/mol. The Labute approximate surface area is 93.9 Å². The van der Waals surface area contributed by atoms with Gasteiger partial charge in [0.2, 0.25) is 0 Å². The maximum absolute atomic E-state index is 6.07. The Morgan fingerprint density at radius 1 is 1.46 bits per heavy atom. The second-order valence-corrected chi connectivity index (χ2v) is 4.45. The highest BCUT2D eigenvalue weighted by Crippen LogP contribution is 2.24. The standard InChI is InChI=1S/C11H16IN/c1-3-5-10(13)9-7-4-6-8(2)11(9)12/h4,6-7,10H,3,5,13H2,1-2H3. The Morgan fingerprint density at radius 3 is 2.77 bits per heavy atom. The van der Waals surface area contributed by atoms with Crippen LogP contribution in [-0.4, -0.2) is 0 Å². The van der Waals surface area contributed by atoms with E-state index in [1.54, 1.807) is 0 Å². The molecule has 1 unspecified atom stereocenters. The minimum Gasteiger partial charge on any atom is -0.324 e. The normalized spacial score (nSPS) is 12.9. The minimum absolute atomic E-state index is 0.205. The molecule has 1 atom stereocenters. The zero-order chi connectivity index (χ0) is 9.84. The predicted octanol–water partition coefficient (Wildman–Crippen LogP) is 3.40. The van der Waals surface area contributed by atoms with E-state index < -0.39 is 0 Å². The molecule has 1 aromatic carbocycles. The van der Waals surface area contributed by atoms with Crippen LogP contribution < -0.4 is 5.73 Å². The number of rotatable bonds is 3. The van der Waals surface area contributed by atoms with Gasteiger partial charge in [-0.05, 0) is 47.1 Å². The molecule has 0 amide bonds. The van der Waals surface area contributed by atoms with Crippen molar-refractivity contribution in [3.8, 4) is 0 Å². The summed E-state index contributed by atoms with van der Waals surface area (Å²) in [4.78, 5) is 0. The van der Waals surface area contributed by atoms with E-state index in [4.69, 9.17) is 5.73 Å². The van der Waals surface area contributed by atoms with E-state index in [0.29, 0.717) is 0 Å². The average Bonchev–Trinajstić information content (AvgIpc) is 2.10. The highest BCUT2D eigenvalue weighted by atomic mass is 127. The largest absolute Gasteiger partial charge is 0.324 e. The van der Waals surface area contributed by atoms with E-state index in [0.717, 1.165) is 12.8 Å². The lowest BCUT2D eigenvalue weighted by molar-refractivity contribution is 0.635. The second kappa shape index (κ2) is 4.96. The second-order valence-electron chi connectivity index (χ2n) is 3.37. The maximum atomic E-state index is 6.07. The van der Waals surface area contributed by atoms with Crippen molar-refractivity contribution in [1.82, 2.24) is 0 Å². The van der Waals surface area contributed by atoms with Crippen molar-refractivity contribution in [2.24, 2.45) is 5.73 Å². The summed E-state index contributed by atoms with van der Waals surface area (Å²) in [5.74, 6) is 0. The van der Waals surface area contributed by atoms with Gasteiger partial charge in [0.05, 0.1) is 0 Å². The predicted molar refractivity (Wildman–Crippen MR) is 65.7 cm³/mol. The molecule has 2 N–H and O–H groups in total. The molecule has 0 aliphatic rings. The van der Waals surface area contributed by atoms with Crippen LogP contribution in [0.4, 0.5) is 0 Å². The van der Waals surface area contributed by atoms with Crippen molar-refractivity contribution < 1.29 is 0 Å². The van der Waals surface area contributed by atoms with Crippen LogP contribution in [0.15, 0.2) is 18.2 Å². The molecule has 0 aromatic heterocycles. The van der Waals surface area contributed by atoms with Gasteiger partial charge in [-0.25, -0.2) is 0 Å². The van der Waals surface area contributed by atoms with Crippen LogP contribution in [0.1, 0.15) is 36.9 Å².